The van der Waals surface area contributed by atoms with E-state index in [1.165, 1.54) is 0 Å². The Labute approximate surface area is 88.2 Å². The molecule has 1 atom stereocenters. The Morgan fingerprint density at radius 3 is 2.93 bits per heavy atom. The second kappa shape index (κ2) is 4.60. The summed E-state index contributed by atoms with van der Waals surface area (Å²) in [7, 11) is 0. The van der Waals surface area contributed by atoms with Gasteiger partial charge >= 0.3 is 0 Å². The van der Waals surface area contributed by atoms with E-state index in [0.29, 0.717) is 6.42 Å². The normalized spacial score (nSPS) is 12.1. The molecule has 5 nitrogen and oxygen atoms in total. The van der Waals surface area contributed by atoms with Gasteiger partial charge in [-0.05, 0) is 6.92 Å². The number of nitriles is 1. The van der Waals surface area contributed by atoms with Gasteiger partial charge in [-0.2, -0.15) is 5.26 Å². The summed E-state index contributed by atoms with van der Waals surface area (Å²) < 4.78 is 3.35. The van der Waals surface area contributed by atoms with Crippen LogP contribution in [0.3, 0.4) is 0 Å². The summed E-state index contributed by atoms with van der Waals surface area (Å²) in [5, 5.41) is 19.3. The number of hydrogen-bond acceptors (Lipinski definition) is 3. The molecule has 0 aliphatic heterocycles. The molecule has 1 aromatic rings. The van der Waals surface area contributed by atoms with Crippen molar-refractivity contribution < 1.29 is 14.5 Å². The molecule has 0 aromatic carbocycles. The highest BCUT2D eigenvalue weighted by molar-refractivity contribution is 5.62. The van der Waals surface area contributed by atoms with Gasteiger partial charge in [0.25, 0.3) is 5.82 Å². The quantitative estimate of drug-likeness (QED) is 0.605. The molecule has 0 N–H and O–H groups in total. The van der Waals surface area contributed by atoms with Crippen LogP contribution in [0.5, 0.6) is 0 Å². The van der Waals surface area contributed by atoms with Crippen LogP contribution in [0, 0.1) is 11.3 Å². The molecule has 1 aromatic heterocycles. The van der Waals surface area contributed by atoms with Gasteiger partial charge in [-0.3, -0.25) is 0 Å². The zero-order valence-electron chi connectivity index (χ0n) is 8.80. The lowest BCUT2D eigenvalue weighted by molar-refractivity contribution is -0.697. The second-order valence-corrected chi connectivity index (χ2v) is 3.28. The van der Waals surface area contributed by atoms with Crippen LogP contribution in [-0.4, -0.2) is 10.5 Å². The highest BCUT2D eigenvalue weighted by atomic mass is 16.4. The van der Waals surface area contributed by atoms with Crippen LogP contribution in [0.25, 0.3) is 0 Å². The Balaban J connectivity index is 3.06. The molecule has 0 amide bonds. The molecule has 0 aliphatic carbocycles. The third-order valence-electron chi connectivity index (χ3n) is 2.26. The first kappa shape index (κ1) is 11.2. The fourth-order valence-electron chi connectivity index (χ4n) is 1.56. The Kier molecular flexibility index (Phi) is 3.45. The monoisotopic (exact) mass is 207 g/mol. The lowest BCUT2D eigenvalue weighted by Gasteiger charge is -2.04. The van der Waals surface area contributed by atoms with Crippen molar-refractivity contribution in [2.24, 2.45) is 0 Å². The Bertz CT molecular complexity index is 403. The van der Waals surface area contributed by atoms with Gasteiger partial charge in [0.15, 0.2) is 6.04 Å². The van der Waals surface area contributed by atoms with Crippen LogP contribution in [0.4, 0.5) is 0 Å². The molecule has 15 heavy (non-hydrogen) atoms. The number of nitrogens with zero attached hydrogens (tertiary/aromatic N) is 3. The highest BCUT2D eigenvalue weighted by Crippen LogP contribution is 2.07. The van der Waals surface area contributed by atoms with Crippen molar-refractivity contribution in [1.29, 1.82) is 5.26 Å². The molecular weight excluding hydrogens is 194 g/mol. The molecule has 0 saturated carbocycles. The van der Waals surface area contributed by atoms with Crippen LogP contribution < -0.4 is 9.67 Å². The third-order valence-corrected chi connectivity index (χ3v) is 2.26. The SMILES string of the molecule is CCc1n(C(C)C#N)cc[n+]1CC(=O)[O-]. The van der Waals surface area contributed by atoms with E-state index in [4.69, 9.17) is 5.26 Å². The molecule has 0 spiro atoms. The summed E-state index contributed by atoms with van der Waals surface area (Å²) in [4.78, 5) is 10.5. The van der Waals surface area contributed by atoms with Crippen LogP contribution >= 0.6 is 0 Å². The van der Waals surface area contributed by atoms with Gasteiger partial charge in [0.05, 0.1) is 5.97 Å². The van der Waals surface area contributed by atoms with Gasteiger partial charge in [0.2, 0.25) is 0 Å². The second-order valence-electron chi connectivity index (χ2n) is 3.28. The lowest BCUT2D eigenvalue weighted by Crippen LogP contribution is -2.45. The average molecular weight is 207 g/mol. The highest BCUT2D eigenvalue weighted by Gasteiger charge is 2.19. The summed E-state index contributed by atoms with van der Waals surface area (Å²) in [6.07, 6.45) is 4.05. The minimum atomic E-state index is -1.13. The maximum absolute atomic E-state index is 10.5. The Morgan fingerprint density at radius 1 is 1.80 bits per heavy atom. The molecular formula is C10H13N3O2. The van der Waals surface area contributed by atoms with E-state index in [0.717, 1.165) is 5.82 Å². The molecule has 1 heterocycles. The number of carboxylic acids is 1. The van der Waals surface area contributed by atoms with E-state index in [9.17, 15) is 9.90 Å². The lowest BCUT2D eigenvalue weighted by atomic mass is 10.3. The molecule has 0 aliphatic rings. The van der Waals surface area contributed by atoms with Crippen LogP contribution in [0.1, 0.15) is 25.7 Å². The van der Waals surface area contributed by atoms with E-state index in [1.807, 2.05) is 6.92 Å². The molecule has 1 unspecified atom stereocenters. The topological polar surface area (TPSA) is 72.7 Å². The van der Waals surface area contributed by atoms with Gasteiger partial charge in [-0.15, -0.1) is 0 Å². The molecule has 80 valence electrons. The Morgan fingerprint density at radius 2 is 2.47 bits per heavy atom. The van der Waals surface area contributed by atoms with Crippen molar-refractivity contribution in [2.75, 3.05) is 0 Å². The number of imidazole rings is 1. The fourth-order valence-corrected chi connectivity index (χ4v) is 1.56. The number of carbonyl (C=O) groups excluding carboxylic acids is 1. The number of carboxylic acid groups (broad SMARTS) is 1. The van der Waals surface area contributed by atoms with Gasteiger partial charge in [0, 0.05) is 6.42 Å². The van der Waals surface area contributed by atoms with Crippen molar-refractivity contribution >= 4 is 5.97 Å². The summed E-state index contributed by atoms with van der Waals surface area (Å²) in [5.74, 6) is -0.315. The van der Waals surface area contributed by atoms with Gasteiger partial charge in [0.1, 0.15) is 25.0 Å². The zero-order chi connectivity index (χ0) is 11.4. The van der Waals surface area contributed by atoms with Crippen molar-refractivity contribution in [3.8, 4) is 6.07 Å². The first-order valence-corrected chi connectivity index (χ1v) is 4.78. The minimum Gasteiger partial charge on any atom is -0.546 e. The molecule has 0 bridgehead atoms. The predicted octanol–water partition coefficient (Wildman–Crippen LogP) is -0.828. The van der Waals surface area contributed by atoms with E-state index >= 15 is 0 Å². The summed E-state index contributed by atoms with van der Waals surface area (Å²) in [6.45, 7) is 3.51. The first-order valence-electron chi connectivity index (χ1n) is 4.78. The number of carbonyl (C=O) groups is 1. The molecule has 0 saturated heterocycles. The van der Waals surface area contributed by atoms with Crippen molar-refractivity contribution in [2.45, 2.75) is 32.9 Å². The molecule has 1 rings (SSSR count). The van der Waals surface area contributed by atoms with E-state index < -0.39 is 5.97 Å². The first-order chi connectivity index (χ1) is 7.10. The molecule has 0 radical (unpaired) electrons. The van der Waals surface area contributed by atoms with Gasteiger partial charge in [-0.1, -0.05) is 6.92 Å². The summed E-state index contributed by atoms with van der Waals surface area (Å²) in [6, 6.07) is 1.82. The fraction of sp³-hybridized carbons (Fsp3) is 0.500. The summed E-state index contributed by atoms with van der Waals surface area (Å²) >= 11 is 0. The Hall–Kier alpha value is -1.83. The predicted molar refractivity (Wildman–Crippen MR) is 49.3 cm³/mol. The van der Waals surface area contributed by atoms with Gasteiger partial charge in [-0.25, -0.2) is 9.13 Å². The largest absolute Gasteiger partial charge is 0.546 e. The van der Waals surface area contributed by atoms with E-state index in [1.54, 1.807) is 28.5 Å². The van der Waals surface area contributed by atoms with Gasteiger partial charge < -0.3 is 9.90 Å². The maximum atomic E-state index is 10.5. The molecule has 5 heteroatoms. The van der Waals surface area contributed by atoms with Crippen molar-refractivity contribution in [3.63, 3.8) is 0 Å². The number of aromatic nitrogens is 2. The zero-order valence-corrected chi connectivity index (χ0v) is 8.80. The van der Waals surface area contributed by atoms with Crippen LogP contribution in [0.2, 0.25) is 0 Å². The standard InChI is InChI=1S/C10H13N3O2/c1-3-9-12(7-10(14)15)4-5-13(9)8(2)6-11/h4-5,8H,3,7H2,1-2H3. The van der Waals surface area contributed by atoms with E-state index in [2.05, 4.69) is 6.07 Å². The van der Waals surface area contributed by atoms with Crippen LogP contribution in [-0.2, 0) is 17.8 Å². The number of rotatable bonds is 4. The molecule has 0 fully saturated rings. The number of hydrogen-bond donors (Lipinski definition) is 0. The smallest absolute Gasteiger partial charge is 0.257 e. The summed E-state index contributed by atoms with van der Waals surface area (Å²) in [5.41, 5.74) is 0. The average Bonchev–Trinajstić information content (AvgIpc) is 2.58. The van der Waals surface area contributed by atoms with Crippen LogP contribution in [0.15, 0.2) is 12.4 Å². The maximum Gasteiger partial charge on any atom is 0.257 e. The third kappa shape index (κ3) is 2.34. The van der Waals surface area contributed by atoms with Crippen molar-refractivity contribution in [1.82, 2.24) is 4.57 Å². The van der Waals surface area contributed by atoms with Crippen molar-refractivity contribution in [3.05, 3.63) is 18.2 Å². The van der Waals surface area contributed by atoms with E-state index in [-0.39, 0.29) is 12.6 Å². The number of aliphatic carboxylic acids is 1. The minimum absolute atomic E-state index is 0.172.